The maximum Gasteiger partial charge on any atom is 0.211 e. The lowest BCUT2D eigenvalue weighted by Gasteiger charge is -2.39. The van der Waals surface area contributed by atoms with Gasteiger partial charge in [-0.2, -0.15) is 0 Å². The molecule has 2 atom stereocenters. The number of guanidine groups is 1. The van der Waals surface area contributed by atoms with Crippen molar-refractivity contribution in [3.8, 4) is 0 Å². The highest BCUT2D eigenvalue weighted by molar-refractivity contribution is 14.0. The highest BCUT2D eigenvalue weighted by atomic mass is 127. The van der Waals surface area contributed by atoms with E-state index in [4.69, 9.17) is 0 Å². The van der Waals surface area contributed by atoms with Crippen LogP contribution in [-0.2, 0) is 10.0 Å². The van der Waals surface area contributed by atoms with Crippen molar-refractivity contribution in [2.75, 3.05) is 46.0 Å². The molecule has 0 amide bonds. The fourth-order valence-corrected chi connectivity index (χ4v) is 4.98. The summed E-state index contributed by atoms with van der Waals surface area (Å²) in [7, 11) is -1.23. The Morgan fingerprint density at radius 3 is 2.54 bits per heavy atom. The molecule has 1 N–H and O–H groups in total. The first-order valence-corrected chi connectivity index (χ1v) is 11.6. The van der Waals surface area contributed by atoms with E-state index >= 15 is 0 Å². The number of piperidine rings is 2. The van der Waals surface area contributed by atoms with Crippen molar-refractivity contribution in [2.45, 2.75) is 32.2 Å². The Labute approximate surface area is 185 Å². The maximum absolute atomic E-state index is 11.6. The number of aromatic nitrogens is 2. The zero-order valence-corrected chi connectivity index (χ0v) is 20.1. The summed E-state index contributed by atoms with van der Waals surface area (Å²) >= 11 is 0. The smallest absolute Gasteiger partial charge is 0.211 e. The van der Waals surface area contributed by atoms with Crippen molar-refractivity contribution in [3.63, 3.8) is 0 Å². The molecule has 10 heteroatoms. The first-order valence-electron chi connectivity index (χ1n) is 9.76. The van der Waals surface area contributed by atoms with Gasteiger partial charge in [0.25, 0.3) is 0 Å². The van der Waals surface area contributed by atoms with E-state index in [0.717, 1.165) is 44.9 Å². The minimum Gasteiger partial charge on any atom is -0.356 e. The number of rotatable bonds is 4. The third-order valence-electron chi connectivity index (χ3n) is 5.93. The summed E-state index contributed by atoms with van der Waals surface area (Å²) < 4.78 is 27.1. The van der Waals surface area contributed by atoms with Crippen LogP contribution in [0, 0.1) is 11.8 Å². The number of sulfonamides is 1. The topological polar surface area (TPSA) is 82.8 Å². The normalized spacial score (nSPS) is 25.4. The van der Waals surface area contributed by atoms with Gasteiger partial charge in [-0.25, -0.2) is 17.7 Å². The van der Waals surface area contributed by atoms with Crippen LogP contribution in [-0.4, -0.2) is 79.2 Å². The van der Waals surface area contributed by atoms with Gasteiger partial charge in [-0.1, -0.05) is 6.92 Å². The minimum atomic E-state index is -3.06. The second-order valence-corrected chi connectivity index (χ2v) is 9.81. The molecule has 2 unspecified atom stereocenters. The van der Waals surface area contributed by atoms with Gasteiger partial charge in [0, 0.05) is 52.2 Å². The van der Waals surface area contributed by atoms with E-state index in [-0.39, 0.29) is 24.0 Å². The lowest BCUT2D eigenvalue weighted by molar-refractivity contribution is 0.187. The van der Waals surface area contributed by atoms with Crippen LogP contribution in [0.3, 0.4) is 0 Å². The van der Waals surface area contributed by atoms with Crippen LogP contribution in [0.1, 0.15) is 32.2 Å². The van der Waals surface area contributed by atoms with Crippen LogP contribution in [0.2, 0.25) is 0 Å². The van der Waals surface area contributed by atoms with Crippen LogP contribution in [0.15, 0.2) is 23.7 Å². The fourth-order valence-electron chi connectivity index (χ4n) is 4.11. The van der Waals surface area contributed by atoms with Crippen molar-refractivity contribution in [2.24, 2.45) is 16.8 Å². The predicted molar refractivity (Wildman–Crippen MR) is 123 cm³/mol. The zero-order valence-electron chi connectivity index (χ0n) is 17.0. The van der Waals surface area contributed by atoms with Gasteiger partial charge in [-0.3, -0.25) is 4.99 Å². The summed E-state index contributed by atoms with van der Waals surface area (Å²) in [5.74, 6) is 2.03. The van der Waals surface area contributed by atoms with Crippen molar-refractivity contribution < 1.29 is 8.42 Å². The summed E-state index contributed by atoms with van der Waals surface area (Å²) in [6, 6.07) is 0.401. The molecule has 0 saturated carbocycles. The number of halogens is 1. The molecule has 2 saturated heterocycles. The van der Waals surface area contributed by atoms with Gasteiger partial charge in [0.2, 0.25) is 10.0 Å². The van der Waals surface area contributed by atoms with Crippen LogP contribution in [0.25, 0.3) is 0 Å². The Bertz CT molecular complexity index is 731. The molecule has 1 aromatic heterocycles. The molecule has 3 heterocycles. The first-order chi connectivity index (χ1) is 12.9. The molecular weight excluding hydrogens is 491 g/mol. The Hall–Kier alpha value is -0.880. The van der Waals surface area contributed by atoms with E-state index in [0.29, 0.717) is 31.0 Å². The summed E-state index contributed by atoms with van der Waals surface area (Å²) in [5, 5.41) is 3.53. The molecule has 28 heavy (non-hydrogen) atoms. The SMILES string of the molecule is CN=C(NCC1CCN(S(C)(=O)=O)CC1)N1CCC(C)C(n2ccnc2)C1.I. The summed E-state index contributed by atoms with van der Waals surface area (Å²) in [4.78, 5) is 11.0. The third kappa shape index (κ3) is 5.82. The van der Waals surface area contributed by atoms with Gasteiger partial charge in [-0.15, -0.1) is 24.0 Å². The molecule has 0 aliphatic carbocycles. The van der Waals surface area contributed by atoms with Gasteiger partial charge in [0.15, 0.2) is 5.96 Å². The van der Waals surface area contributed by atoms with E-state index in [2.05, 4.69) is 31.7 Å². The van der Waals surface area contributed by atoms with E-state index in [1.54, 1.807) is 4.31 Å². The molecule has 1 aromatic rings. The van der Waals surface area contributed by atoms with Gasteiger partial charge >= 0.3 is 0 Å². The quantitative estimate of drug-likeness (QED) is 0.368. The Morgan fingerprint density at radius 2 is 1.96 bits per heavy atom. The molecule has 2 aliphatic heterocycles. The molecule has 2 aliphatic rings. The highest BCUT2D eigenvalue weighted by Crippen LogP contribution is 2.27. The van der Waals surface area contributed by atoms with Gasteiger partial charge < -0.3 is 14.8 Å². The lowest BCUT2D eigenvalue weighted by Crippen LogP contribution is -2.50. The van der Waals surface area contributed by atoms with E-state index in [1.807, 2.05) is 25.8 Å². The Balaban J connectivity index is 0.00000280. The predicted octanol–water partition coefficient (Wildman–Crippen LogP) is 1.63. The number of aliphatic imine (C=N–C) groups is 1. The Morgan fingerprint density at radius 1 is 1.25 bits per heavy atom. The largest absolute Gasteiger partial charge is 0.356 e. The number of nitrogens with zero attached hydrogens (tertiary/aromatic N) is 5. The standard InChI is InChI=1S/C18H32N6O2S.HI/c1-15-4-8-22(13-17(15)23-11-7-20-14-23)18(19-2)21-12-16-5-9-24(10-6-16)27(3,25)26;/h7,11,14-17H,4-6,8-10,12-13H2,1-3H3,(H,19,21);1H. The average molecular weight is 524 g/mol. The van der Waals surface area contributed by atoms with Gasteiger partial charge in [-0.05, 0) is 31.1 Å². The van der Waals surface area contributed by atoms with Crippen LogP contribution >= 0.6 is 24.0 Å². The first kappa shape index (κ1) is 23.4. The van der Waals surface area contributed by atoms with Crippen molar-refractivity contribution >= 4 is 40.0 Å². The number of imidazole rings is 1. The molecule has 8 nitrogen and oxygen atoms in total. The molecule has 0 aromatic carbocycles. The second-order valence-electron chi connectivity index (χ2n) is 7.82. The molecule has 2 fully saturated rings. The van der Waals surface area contributed by atoms with E-state index in [1.165, 1.54) is 6.26 Å². The molecule has 3 rings (SSSR count). The van der Waals surface area contributed by atoms with Gasteiger partial charge in [0.1, 0.15) is 0 Å². The lowest BCUT2D eigenvalue weighted by atomic mass is 9.93. The second kappa shape index (κ2) is 10.2. The highest BCUT2D eigenvalue weighted by Gasteiger charge is 2.30. The van der Waals surface area contributed by atoms with Crippen molar-refractivity contribution in [3.05, 3.63) is 18.7 Å². The van der Waals surface area contributed by atoms with E-state index in [9.17, 15) is 8.42 Å². The fraction of sp³-hybridized carbons (Fsp3) is 0.778. The average Bonchev–Trinajstić information content (AvgIpc) is 3.17. The molecular formula is C18H33IN6O2S. The van der Waals surface area contributed by atoms with E-state index < -0.39 is 10.0 Å². The molecule has 160 valence electrons. The van der Waals surface area contributed by atoms with Crippen molar-refractivity contribution in [1.29, 1.82) is 0 Å². The van der Waals surface area contributed by atoms with Crippen LogP contribution < -0.4 is 5.32 Å². The van der Waals surface area contributed by atoms with Crippen molar-refractivity contribution in [1.82, 2.24) is 24.1 Å². The van der Waals surface area contributed by atoms with Gasteiger partial charge in [0.05, 0.1) is 18.6 Å². The van der Waals surface area contributed by atoms with Crippen LogP contribution in [0.5, 0.6) is 0 Å². The zero-order chi connectivity index (χ0) is 19.4. The molecule has 0 radical (unpaired) electrons. The number of hydrogen-bond acceptors (Lipinski definition) is 4. The Kier molecular flexibility index (Phi) is 8.56. The summed E-state index contributed by atoms with van der Waals surface area (Å²) in [5.41, 5.74) is 0. The number of hydrogen-bond donors (Lipinski definition) is 1. The summed E-state index contributed by atoms with van der Waals surface area (Å²) in [6.45, 7) is 6.30. The molecule has 0 bridgehead atoms. The monoisotopic (exact) mass is 524 g/mol. The third-order valence-corrected chi connectivity index (χ3v) is 7.23. The molecule has 0 spiro atoms. The minimum absolute atomic E-state index is 0. The number of likely N-dealkylation sites (tertiary alicyclic amines) is 1. The maximum atomic E-state index is 11.6. The summed E-state index contributed by atoms with van der Waals surface area (Å²) in [6.07, 6.45) is 9.98. The number of nitrogens with one attached hydrogen (secondary N) is 1. The van der Waals surface area contributed by atoms with Crippen LogP contribution in [0.4, 0.5) is 0 Å².